The quantitative estimate of drug-likeness (QED) is 0.867. The SMILES string of the molecule is O=C(Cc1c(F)ccc(F)c1F)C1CC2COCC(C1)N2. The van der Waals surface area contributed by atoms with Crippen LogP contribution in [0.25, 0.3) is 0 Å². The van der Waals surface area contributed by atoms with Gasteiger partial charge in [-0.25, -0.2) is 13.2 Å². The van der Waals surface area contributed by atoms with Crippen LogP contribution >= 0.6 is 0 Å². The first-order valence-electron chi connectivity index (χ1n) is 7.03. The van der Waals surface area contributed by atoms with Gasteiger partial charge in [0.05, 0.1) is 13.2 Å². The van der Waals surface area contributed by atoms with Gasteiger partial charge in [0.15, 0.2) is 11.6 Å². The summed E-state index contributed by atoms with van der Waals surface area (Å²) >= 11 is 0. The van der Waals surface area contributed by atoms with Crippen LogP contribution in [-0.4, -0.2) is 31.1 Å². The van der Waals surface area contributed by atoms with Crippen LogP contribution in [0.3, 0.4) is 0 Å². The Bertz CT molecular complexity index is 552. The number of fused-ring (bicyclic) bond motifs is 2. The van der Waals surface area contributed by atoms with Crippen molar-refractivity contribution in [2.45, 2.75) is 31.3 Å². The summed E-state index contributed by atoms with van der Waals surface area (Å²) in [5, 5.41) is 3.35. The van der Waals surface area contributed by atoms with Gasteiger partial charge in [0.1, 0.15) is 11.6 Å². The highest BCUT2D eigenvalue weighted by molar-refractivity contribution is 5.83. The van der Waals surface area contributed by atoms with E-state index >= 15 is 0 Å². The molecule has 2 heterocycles. The molecular formula is C15H16F3NO2. The lowest BCUT2D eigenvalue weighted by Crippen LogP contribution is -2.55. The van der Waals surface area contributed by atoms with Gasteiger partial charge in [-0.05, 0) is 25.0 Å². The maximum atomic E-state index is 13.6. The van der Waals surface area contributed by atoms with E-state index in [0.717, 1.165) is 12.1 Å². The minimum Gasteiger partial charge on any atom is -0.378 e. The van der Waals surface area contributed by atoms with Crippen molar-refractivity contribution in [1.29, 1.82) is 0 Å². The fraction of sp³-hybridized carbons (Fsp3) is 0.533. The number of rotatable bonds is 3. The number of carbonyl (C=O) groups is 1. The molecule has 3 nitrogen and oxygen atoms in total. The van der Waals surface area contributed by atoms with Crippen LogP contribution in [0.5, 0.6) is 0 Å². The summed E-state index contributed by atoms with van der Waals surface area (Å²) in [4.78, 5) is 12.3. The molecule has 1 aromatic rings. The summed E-state index contributed by atoms with van der Waals surface area (Å²) in [6, 6.07) is 1.79. The molecule has 2 fully saturated rings. The van der Waals surface area contributed by atoms with E-state index in [9.17, 15) is 18.0 Å². The summed E-state index contributed by atoms with van der Waals surface area (Å²) in [6.45, 7) is 1.09. The second kappa shape index (κ2) is 5.77. The van der Waals surface area contributed by atoms with Gasteiger partial charge < -0.3 is 10.1 Å². The molecule has 2 aliphatic rings. The highest BCUT2D eigenvalue weighted by atomic mass is 19.2. The molecule has 0 aliphatic carbocycles. The van der Waals surface area contributed by atoms with Crippen molar-refractivity contribution in [2.24, 2.45) is 5.92 Å². The van der Waals surface area contributed by atoms with Crippen LogP contribution in [0, 0.1) is 23.4 Å². The minimum atomic E-state index is -1.26. The summed E-state index contributed by atoms with van der Waals surface area (Å²) in [5.74, 6) is -3.76. The van der Waals surface area contributed by atoms with E-state index in [4.69, 9.17) is 4.74 Å². The Morgan fingerprint density at radius 1 is 1.14 bits per heavy atom. The molecule has 3 rings (SSSR count). The zero-order chi connectivity index (χ0) is 15.0. The highest BCUT2D eigenvalue weighted by Crippen LogP contribution is 2.27. The molecule has 2 unspecified atom stereocenters. The molecule has 2 atom stereocenters. The maximum Gasteiger partial charge on any atom is 0.165 e. The van der Waals surface area contributed by atoms with Crippen LogP contribution < -0.4 is 5.32 Å². The molecule has 2 bridgehead atoms. The van der Waals surface area contributed by atoms with Crippen LogP contribution in [-0.2, 0) is 16.0 Å². The Morgan fingerprint density at radius 2 is 1.76 bits per heavy atom. The summed E-state index contributed by atoms with van der Waals surface area (Å²) < 4.78 is 45.8. The zero-order valence-corrected chi connectivity index (χ0v) is 11.4. The zero-order valence-electron chi connectivity index (χ0n) is 11.4. The number of carbonyl (C=O) groups excluding carboxylic acids is 1. The highest BCUT2D eigenvalue weighted by Gasteiger charge is 2.35. The maximum absolute atomic E-state index is 13.6. The lowest BCUT2D eigenvalue weighted by atomic mass is 9.82. The second-order valence-corrected chi connectivity index (χ2v) is 5.73. The Balaban J connectivity index is 1.73. The molecule has 0 amide bonds. The van der Waals surface area contributed by atoms with E-state index in [1.807, 2.05) is 0 Å². The van der Waals surface area contributed by atoms with Crippen molar-refractivity contribution in [3.63, 3.8) is 0 Å². The molecule has 6 heteroatoms. The molecule has 0 spiro atoms. The predicted molar refractivity (Wildman–Crippen MR) is 69.3 cm³/mol. The molecule has 0 saturated carbocycles. The molecule has 21 heavy (non-hydrogen) atoms. The van der Waals surface area contributed by atoms with Gasteiger partial charge in [-0.2, -0.15) is 0 Å². The smallest absolute Gasteiger partial charge is 0.165 e. The van der Waals surface area contributed by atoms with Gasteiger partial charge in [0.25, 0.3) is 0 Å². The molecule has 2 aliphatic heterocycles. The number of morpholine rings is 1. The number of hydrogen-bond donors (Lipinski definition) is 1. The van der Waals surface area contributed by atoms with Crippen LogP contribution in [0.4, 0.5) is 13.2 Å². The van der Waals surface area contributed by atoms with E-state index in [-0.39, 0.29) is 23.8 Å². The normalized spacial score (nSPS) is 28.4. The van der Waals surface area contributed by atoms with Crippen LogP contribution in [0.2, 0.25) is 0 Å². The summed E-state index contributed by atoms with van der Waals surface area (Å²) in [6.07, 6.45) is 0.780. The van der Waals surface area contributed by atoms with Gasteiger partial charge in [-0.1, -0.05) is 0 Å². The Kier molecular flexibility index (Phi) is 3.99. The van der Waals surface area contributed by atoms with Gasteiger partial charge >= 0.3 is 0 Å². The number of halogens is 3. The average Bonchev–Trinajstić information content (AvgIpc) is 2.47. The molecule has 0 aromatic heterocycles. The van der Waals surface area contributed by atoms with Gasteiger partial charge in [0, 0.05) is 30.0 Å². The van der Waals surface area contributed by atoms with Gasteiger partial charge in [-0.3, -0.25) is 4.79 Å². The van der Waals surface area contributed by atoms with Crippen molar-refractivity contribution < 1.29 is 22.7 Å². The van der Waals surface area contributed by atoms with Crippen molar-refractivity contribution in [2.75, 3.05) is 13.2 Å². The Hall–Kier alpha value is -1.40. The number of hydrogen-bond acceptors (Lipinski definition) is 3. The van der Waals surface area contributed by atoms with Crippen molar-refractivity contribution in [3.8, 4) is 0 Å². The van der Waals surface area contributed by atoms with E-state index in [0.29, 0.717) is 26.1 Å². The lowest BCUT2D eigenvalue weighted by Gasteiger charge is -2.39. The number of nitrogens with one attached hydrogen (secondary N) is 1. The van der Waals surface area contributed by atoms with Crippen LogP contribution in [0.15, 0.2) is 12.1 Å². The second-order valence-electron chi connectivity index (χ2n) is 5.73. The van der Waals surface area contributed by atoms with Gasteiger partial charge in [-0.15, -0.1) is 0 Å². The largest absolute Gasteiger partial charge is 0.378 e. The molecule has 114 valence electrons. The topological polar surface area (TPSA) is 38.3 Å². The third kappa shape index (κ3) is 2.96. The van der Waals surface area contributed by atoms with E-state index in [2.05, 4.69) is 5.32 Å². The summed E-state index contributed by atoms with van der Waals surface area (Å²) in [5.41, 5.74) is -0.472. The van der Waals surface area contributed by atoms with Crippen LogP contribution in [0.1, 0.15) is 18.4 Å². The number of Topliss-reactive ketones (excluding diaryl/α,β-unsaturated/α-hetero) is 1. The summed E-state index contributed by atoms with van der Waals surface area (Å²) in [7, 11) is 0. The third-order valence-electron chi connectivity index (χ3n) is 4.19. The predicted octanol–water partition coefficient (Wildman–Crippen LogP) is 1.98. The Labute approximate surface area is 120 Å². The van der Waals surface area contributed by atoms with E-state index in [1.165, 1.54) is 0 Å². The molecule has 1 N–H and O–H groups in total. The molecule has 1 aromatic carbocycles. The Morgan fingerprint density at radius 3 is 2.43 bits per heavy atom. The molecular weight excluding hydrogens is 283 g/mol. The standard InChI is InChI=1S/C15H16F3NO2/c16-12-1-2-13(17)15(18)11(12)5-14(20)8-3-9-6-21-7-10(4-8)19-9/h1-2,8-10,19H,3-7H2. The number of benzene rings is 1. The average molecular weight is 299 g/mol. The minimum absolute atomic E-state index is 0.105. The fourth-order valence-corrected chi connectivity index (χ4v) is 3.15. The number of ether oxygens (including phenoxy) is 1. The number of piperidine rings is 1. The third-order valence-corrected chi connectivity index (χ3v) is 4.19. The first kappa shape index (κ1) is 14.5. The van der Waals surface area contributed by atoms with Crippen molar-refractivity contribution in [3.05, 3.63) is 35.1 Å². The first-order valence-corrected chi connectivity index (χ1v) is 7.03. The van der Waals surface area contributed by atoms with Crippen molar-refractivity contribution >= 4 is 5.78 Å². The van der Waals surface area contributed by atoms with E-state index < -0.39 is 29.4 Å². The number of ketones is 1. The van der Waals surface area contributed by atoms with Crippen molar-refractivity contribution in [1.82, 2.24) is 5.32 Å². The molecule has 0 radical (unpaired) electrons. The first-order chi connectivity index (χ1) is 10.0. The molecule has 2 saturated heterocycles. The monoisotopic (exact) mass is 299 g/mol. The van der Waals surface area contributed by atoms with Gasteiger partial charge in [0.2, 0.25) is 0 Å². The fourth-order valence-electron chi connectivity index (χ4n) is 3.15. The van der Waals surface area contributed by atoms with E-state index in [1.54, 1.807) is 0 Å². The lowest BCUT2D eigenvalue weighted by molar-refractivity contribution is -0.125.